The highest BCUT2D eigenvalue weighted by atomic mass is 16.5. The third-order valence-electron chi connectivity index (χ3n) is 5.06. The van der Waals surface area contributed by atoms with Crippen molar-refractivity contribution < 1.29 is 14.3 Å². The normalized spacial score (nSPS) is 14.1. The van der Waals surface area contributed by atoms with E-state index < -0.39 is 0 Å². The Morgan fingerprint density at radius 3 is 2.56 bits per heavy atom. The summed E-state index contributed by atoms with van der Waals surface area (Å²) in [5, 5.41) is 3.00. The Morgan fingerprint density at radius 2 is 1.63 bits per heavy atom. The van der Waals surface area contributed by atoms with Crippen LogP contribution in [0.5, 0.6) is 11.5 Å². The van der Waals surface area contributed by atoms with Crippen LogP contribution in [0.25, 0.3) is 11.1 Å². The first-order chi connectivity index (χ1) is 13.3. The van der Waals surface area contributed by atoms with Crippen molar-refractivity contribution in [3.8, 4) is 22.6 Å². The van der Waals surface area contributed by atoms with Crippen LogP contribution in [0.4, 0.5) is 5.69 Å². The van der Waals surface area contributed by atoms with Crippen molar-refractivity contribution in [2.75, 3.05) is 18.5 Å². The minimum atomic E-state index is -0.152. The summed E-state index contributed by atoms with van der Waals surface area (Å²) in [7, 11) is 0. The molecule has 0 fully saturated rings. The smallest absolute Gasteiger partial charge is 0.255 e. The molecule has 0 bridgehead atoms. The number of benzene rings is 3. The average molecular weight is 357 g/mol. The van der Waals surface area contributed by atoms with Gasteiger partial charge in [0.05, 0.1) is 13.2 Å². The van der Waals surface area contributed by atoms with Gasteiger partial charge in [0, 0.05) is 17.7 Å². The van der Waals surface area contributed by atoms with Crippen molar-refractivity contribution in [2.24, 2.45) is 0 Å². The standard InChI is InChI=1S/C23H19NO3/c25-23(16-6-9-21-22(14-16)27-11-3-10-26-21)24-18-7-8-20-17(13-18)12-15-4-1-2-5-19(15)20/h1-2,4-9,13-14H,3,10-12H2,(H,24,25). The molecule has 0 saturated heterocycles. The highest BCUT2D eigenvalue weighted by Gasteiger charge is 2.19. The van der Waals surface area contributed by atoms with Crippen molar-refractivity contribution in [3.63, 3.8) is 0 Å². The van der Waals surface area contributed by atoms with E-state index in [9.17, 15) is 4.79 Å². The van der Waals surface area contributed by atoms with Crippen LogP contribution in [-0.4, -0.2) is 19.1 Å². The van der Waals surface area contributed by atoms with Crippen molar-refractivity contribution in [2.45, 2.75) is 12.8 Å². The number of amides is 1. The molecule has 0 atom stereocenters. The maximum absolute atomic E-state index is 12.7. The van der Waals surface area contributed by atoms with E-state index >= 15 is 0 Å². The summed E-state index contributed by atoms with van der Waals surface area (Å²) in [6.07, 6.45) is 1.74. The van der Waals surface area contributed by atoms with Gasteiger partial charge in [-0.3, -0.25) is 4.79 Å². The molecule has 1 heterocycles. The number of ether oxygens (including phenoxy) is 2. The molecular weight excluding hydrogens is 338 g/mol. The summed E-state index contributed by atoms with van der Waals surface area (Å²) in [6.45, 7) is 1.24. The molecule has 134 valence electrons. The highest BCUT2D eigenvalue weighted by molar-refractivity contribution is 6.05. The molecule has 1 amide bonds. The number of hydrogen-bond acceptors (Lipinski definition) is 3. The highest BCUT2D eigenvalue weighted by Crippen LogP contribution is 2.37. The molecule has 27 heavy (non-hydrogen) atoms. The molecule has 0 unspecified atom stereocenters. The van der Waals surface area contributed by atoms with Gasteiger partial charge in [0.15, 0.2) is 11.5 Å². The van der Waals surface area contributed by atoms with E-state index in [1.807, 2.05) is 6.07 Å². The molecule has 0 aromatic heterocycles. The molecule has 1 aliphatic heterocycles. The summed E-state index contributed by atoms with van der Waals surface area (Å²) in [4.78, 5) is 12.7. The van der Waals surface area contributed by atoms with Crippen LogP contribution < -0.4 is 14.8 Å². The van der Waals surface area contributed by atoms with Gasteiger partial charge in [0.1, 0.15) is 0 Å². The van der Waals surface area contributed by atoms with E-state index in [1.165, 1.54) is 22.3 Å². The van der Waals surface area contributed by atoms with Crippen molar-refractivity contribution in [1.82, 2.24) is 0 Å². The van der Waals surface area contributed by atoms with E-state index in [0.29, 0.717) is 30.3 Å². The minimum Gasteiger partial charge on any atom is -0.490 e. The van der Waals surface area contributed by atoms with Gasteiger partial charge in [-0.2, -0.15) is 0 Å². The van der Waals surface area contributed by atoms with Crippen molar-refractivity contribution in [3.05, 3.63) is 77.4 Å². The SMILES string of the molecule is O=C(Nc1ccc2c(c1)Cc1ccccc1-2)c1ccc2c(c1)OCCCO2. The molecule has 4 nitrogen and oxygen atoms in total. The number of rotatable bonds is 2. The van der Waals surface area contributed by atoms with Gasteiger partial charge in [-0.15, -0.1) is 0 Å². The average Bonchev–Trinajstić information content (AvgIpc) is 2.89. The Bertz CT molecular complexity index is 1040. The zero-order valence-corrected chi connectivity index (χ0v) is 14.8. The van der Waals surface area contributed by atoms with E-state index in [1.54, 1.807) is 18.2 Å². The number of nitrogens with one attached hydrogen (secondary N) is 1. The van der Waals surface area contributed by atoms with E-state index in [4.69, 9.17) is 9.47 Å². The molecule has 0 saturated carbocycles. The Balaban J connectivity index is 1.38. The molecule has 3 aromatic rings. The second-order valence-corrected chi connectivity index (χ2v) is 6.87. The Morgan fingerprint density at radius 1 is 0.815 bits per heavy atom. The predicted molar refractivity (Wildman–Crippen MR) is 105 cm³/mol. The number of hydrogen-bond donors (Lipinski definition) is 1. The summed E-state index contributed by atoms with van der Waals surface area (Å²) < 4.78 is 11.3. The zero-order valence-electron chi connectivity index (χ0n) is 14.8. The van der Waals surface area contributed by atoms with E-state index in [0.717, 1.165) is 18.5 Å². The number of fused-ring (bicyclic) bond motifs is 4. The molecule has 1 N–H and O–H groups in total. The van der Waals surface area contributed by atoms with Crippen LogP contribution in [-0.2, 0) is 6.42 Å². The Kier molecular flexibility index (Phi) is 3.82. The quantitative estimate of drug-likeness (QED) is 0.567. The first-order valence-corrected chi connectivity index (χ1v) is 9.20. The van der Waals surface area contributed by atoms with Crippen LogP contribution in [0.15, 0.2) is 60.7 Å². The molecular formula is C23H19NO3. The fraction of sp³-hybridized carbons (Fsp3) is 0.174. The molecule has 4 heteroatoms. The van der Waals surface area contributed by atoms with Gasteiger partial charge in [-0.25, -0.2) is 0 Å². The third-order valence-corrected chi connectivity index (χ3v) is 5.06. The van der Waals surface area contributed by atoms with Crippen LogP contribution in [0, 0.1) is 0 Å². The summed E-state index contributed by atoms with van der Waals surface area (Å²) in [5.41, 5.74) is 6.47. The lowest BCUT2D eigenvalue weighted by Gasteiger charge is -2.11. The van der Waals surface area contributed by atoms with Gasteiger partial charge < -0.3 is 14.8 Å². The molecule has 3 aromatic carbocycles. The second-order valence-electron chi connectivity index (χ2n) is 6.87. The summed E-state index contributed by atoms with van der Waals surface area (Å²) >= 11 is 0. The molecule has 1 aliphatic carbocycles. The maximum Gasteiger partial charge on any atom is 0.255 e. The third kappa shape index (κ3) is 2.93. The maximum atomic E-state index is 12.7. The van der Waals surface area contributed by atoms with Crippen LogP contribution in [0.1, 0.15) is 27.9 Å². The molecule has 5 rings (SSSR count). The first kappa shape index (κ1) is 15.9. The first-order valence-electron chi connectivity index (χ1n) is 9.20. The van der Waals surface area contributed by atoms with Crippen molar-refractivity contribution >= 4 is 11.6 Å². The van der Waals surface area contributed by atoms with Crippen LogP contribution >= 0.6 is 0 Å². The lowest BCUT2D eigenvalue weighted by molar-refractivity contribution is 0.102. The fourth-order valence-electron chi connectivity index (χ4n) is 3.73. The zero-order chi connectivity index (χ0) is 18.2. The Hall–Kier alpha value is -3.27. The molecule has 0 radical (unpaired) electrons. The largest absolute Gasteiger partial charge is 0.490 e. The van der Waals surface area contributed by atoms with Gasteiger partial charge in [-0.05, 0) is 59.0 Å². The number of carbonyl (C=O) groups is 1. The van der Waals surface area contributed by atoms with Gasteiger partial charge in [0.2, 0.25) is 0 Å². The Labute approximate surface area is 157 Å². The summed E-state index contributed by atoms with van der Waals surface area (Å²) in [6, 6.07) is 19.9. The van der Waals surface area contributed by atoms with E-state index in [2.05, 4.69) is 41.7 Å². The number of carbonyl (C=O) groups excluding carboxylic acids is 1. The topological polar surface area (TPSA) is 47.6 Å². The van der Waals surface area contributed by atoms with Crippen LogP contribution in [0.3, 0.4) is 0 Å². The lowest BCUT2D eigenvalue weighted by Crippen LogP contribution is -2.12. The van der Waals surface area contributed by atoms with Gasteiger partial charge in [0.25, 0.3) is 5.91 Å². The monoisotopic (exact) mass is 357 g/mol. The van der Waals surface area contributed by atoms with Gasteiger partial charge in [-0.1, -0.05) is 30.3 Å². The van der Waals surface area contributed by atoms with Gasteiger partial charge >= 0.3 is 0 Å². The second kappa shape index (κ2) is 6.47. The lowest BCUT2D eigenvalue weighted by atomic mass is 10.1. The van der Waals surface area contributed by atoms with Crippen molar-refractivity contribution in [1.29, 1.82) is 0 Å². The minimum absolute atomic E-state index is 0.152. The molecule has 0 spiro atoms. The number of anilines is 1. The van der Waals surface area contributed by atoms with E-state index in [-0.39, 0.29) is 5.91 Å². The summed E-state index contributed by atoms with van der Waals surface area (Å²) in [5.74, 6) is 1.17. The molecule has 2 aliphatic rings. The van der Waals surface area contributed by atoms with Crippen LogP contribution in [0.2, 0.25) is 0 Å². The fourth-order valence-corrected chi connectivity index (χ4v) is 3.73. The predicted octanol–water partition coefficient (Wildman–Crippen LogP) is 4.67.